The van der Waals surface area contributed by atoms with Crippen LogP contribution in [0.1, 0.15) is 82.3 Å². The van der Waals surface area contributed by atoms with Crippen LogP contribution < -0.4 is 21.4 Å². The number of hydrogen-bond acceptors (Lipinski definition) is 7. The van der Waals surface area contributed by atoms with E-state index in [0.717, 1.165) is 62.6 Å². The summed E-state index contributed by atoms with van der Waals surface area (Å²) in [4.78, 5) is 44.6. The van der Waals surface area contributed by atoms with Crippen molar-refractivity contribution < 1.29 is 29.4 Å². The number of carboxylic acids is 2. The SMILES string of the molecule is C=CC1=C(C)[C@@H](CC2N/C(=C\c3[nH]c(/C=C4\NC(=O)[C@H](C)[C@H]4CC)c(C)c3CCC(=O)O)C(CCC(=O)O)=C2C)N[C@]12NO2. The topological polar surface area (TPSA) is 178 Å². The van der Waals surface area contributed by atoms with E-state index in [1.807, 2.05) is 32.9 Å². The Bertz CT molecular complexity index is 1520. The monoisotopic (exact) mass is 605 g/mol. The molecule has 5 atom stereocenters. The first-order valence-corrected chi connectivity index (χ1v) is 15.3. The van der Waals surface area contributed by atoms with Crippen molar-refractivity contribution >= 4 is 30.0 Å². The number of aromatic amines is 1. The van der Waals surface area contributed by atoms with E-state index in [4.69, 9.17) is 4.84 Å². The molecular formula is C33H43N5O6. The van der Waals surface area contributed by atoms with E-state index in [1.165, 1.54) is 0 Å². The highest BCUT2D eigenvalue weighted by molar-refractivity contribution is 5.86. The summed E-state index contributed by atoms with van der Waals surface area (Å²) in [6.45, 7) is 14.0. The van der Waals surface area contributed by atoms with Crippen molar-refractivity contribution in [3.63, 3.8) is 0 Å². The van der Waals surface area contributed by atoms with Crippen LogP contribution >= 0.6 is 0 Å². The summed E-state index contributed by atoms with van der Waals surface area (Å²) < 4.78 is 0. The van der Waals surface area contributed by atoms with Crippen molar-refractivity contribution in [3.05, 3.63) is 68.9 Å². The lowest BCUT2D eigenvalue weighted by molar-refractivity contribution is -0.138. The number of carbonyl (C=O) groups excluding carboxylic acids is 1. The molecule has 1 amide bonds. The molecule has 2 saturated heterocycles. The minimum absolute atomic E-state index is 0.00243. The quantitative estimate of drug-likeness (QED) is 0.173. The van der Waals surface area contributed by atoms with Gasteiger partial charge in [-0.15, -0.1) is 5.48 Å². The molecule has 7 N–H and O–H groups in total. The summed E-state index contributed by atoms with van der Waals surface area (Å²) in [5, 5.41) is 29.2. The number of aromatic nitrogens is 1. The minimum Gasteiger partial charge on any atom is -0.481 e. The lowest BCUT2D eigenvalue weighted by Crippen LogP contribution is -2.41. The maximum atomic E-state index is 12.4. The smallest absolute Gasteiger partial charge is 0.303 e. The van der Waals surface area contributed by atoms with Crippen LogP contribution in [0.15, 0.2) is 46.3 Å². The number of H-pyrrole nitrogens is 1. The van der Waals surface area contributed by atoms with Gasteiger partial charge in [-0.25, -0.2) is 0 Å². The van der Waals surface area contributed by atoms with E-state index < -0.39 is 17.8 Å². The largest absolute Gasteiger partial charge is 0.481 e. The van der Waals surface area contributed by atoms with E-state index in [0.29, 0.717) is 19.3 Å². The molecule has 11 nitrogen and oxygen atoms in total. The number of rotatable bonds is 12. The summed E-state index contributed by atoms with van der Waals surface area (Å²) in [5.41, 5.74) is 12.1. The first-order chi connectivity index (χ1) is 20.9. The third-order valence-corrected chi connectivity index (χ3v) is 9.68. The molecule has 44 heavy (non-hydrogen) atoms. The number of hydrogen-bond donors (Lipinski definition) is 7. The average molecular weight is 606 g/mol. The lowest BCUT2D eigenvalue weighted by Gasteiger charge is -2.20. The Balaban J connectivity index is 1.50. The zero-order valence-electron chi connectivity index (χ0n) is 26.0. The maximum absolute atomic E-state index is 12.4. The normalized spacial score (nSPS) is 29.7. The Morgan fingerprint density at radius 3 is 2.30 bits per heavy atom. The molecule has 1 aromatic rings. The molecule has 1 aromatic heterocycles. The minimum atomic E-state index is -0.887. The summed E-state index contributed by atoms with van der Waals surface area (Å²) in [7, 11) is 0. The van der Waals surface area contributed by atoms with Crippen LogP contribution in [0.25, 0.3) is 12.2 Å². The molecule has 0 radical (unpaired) electrons. The van der Waals surface area contributed by atoms with Gasteiger partial charge in [0.1, 0.15) is 0 Å². The number of carbonyl (C=O) groups is 3. The Labute approximate surface area is 257 Å². The molecule has 1 unspecified atom stereocenters. The molecule has 4 aliphatic heterocycles. The first kappa shape index (κ1) is 31.5. The molecule has 4 aliphatic rings. The molecular weight excluding hydrogens is 562 g/mol. The van der Waals surface area contributed by atoms with Crippen LogP contribution in [0.2, 0.25) is 0 Å². The molecule has 0 saturated carbocycles. The van der Waals surface area contributed by atoms with E-state index in [9.17, 15) is 24.6 Å². The van der Waals surface area contributed by atoms with Crippen molar-refractivity contribution in [2.45, 2.75) is 91.1 Å². The van der Waals surface area contributed by atoms with Crippen molar-refractivity contribution in [2.75, 3.05) is 0 Å². The van der Waals surface area contributed by atoms with Crippen LogP contribution in [-0.2, 0) is 25.6 Å². The predicted octanol–water partition coefficient (Wildman–Crippen LogP) is 4.02. The summed E-state index contributed by atoms with van der Waals surface area (Å²) in [6.07, 6.45) is 7.92. The summed E-state index contributed by atoms with van der Waals surface area (Å²) in [5.74, 6) is -2.48. The number of nitrogens with one attached hydrogen (secondary N) is 5. The van der Waals surface area contributed by atoms with Gasteiger partial charge in [-0.1, -0.05) is 26.5 Å². The number of hydroxylamine groups is 1. The fourth-order valence-corrected chi connectivity index (χ4v) is 6.94. The number of allylic oxidation sites excluding steroid dienone is 2. The van der Waals surface area contributed by atoms with Crippen molar-refractivity contribution in [2.24, 2.45) is 11.8 Å². The Kier molecular flexibility index (Phi) is 8.75. The lowest BCUT2D eigenvalue weighted by atomic mass is 9.92. The second kappa shape index (κ2) is 12.2. The van der Waals surface area contributed by atoms with Gasteiger partial charge in [0, 0.05) is 65.1 Å². The number of aliphatic carboxylic acids is 2. The summed E-state index contributed by atoms with van der Waals surface area (Å²) >= 11 is 0. The molecule has 0 aromatic carbocycles. The Hall–Kier alpha value is -3.93. The molecule has 0 aliphatic carbocycles. The molecule has 5 rings (SSSR count). The number of carboxylic acid groups (broad SMARTS) is 2. The van der Waals surface area contributed by atoms with Crippen molar-refractivity contribution in [1.82, 2.24) is 26.4 Å². The van der Waals surface area contributed by atoms with Gasteiger partial charge in [0.25, 0.3) is 0 Å². The van der Waals surface area contributed by atoms with Gasteiger partial charge in [-0.3, -0.25) is 24.5 Å². The highest BCUT2D eigenvalue weighted by atomic mass is 16.8. The molecule has 11 heteroatoms. The maximum Gasteiger partial charge on any atom is 0.303 e. The fraction of sp³-hybridized carbons (Fsp3) is 0.485. The van der Waals surface area contributed by atoms with Gasteiger partial charge >= 0.3 is 11.9 Å². The second-order valence-electron chi connectivity index (χ2n) is 12.3. The first-order valence-electron chi connectivity index (χ1n) is 15.3. The van der Waals surface area contributed by atoms with Gasteiger partial charge in [0.2, 0.25) is 11.8 Å². The van der Waals surface area contributed by atoms with E-state index in [2.05, 4.69) is 46.8 Å². The highest BCUT2D eigenvalue weighted by Crippen LogP contribution is 2.40. The van der Waals surface area contributed by atoms with Gasteiger partial charge < -0.3 is 25.8 Å². The highest BCUT2D eigenvalue weighted by Gasteiger charge is 2.55. The molecule has 236 valence electrons. The molecule has 1 spiro atoms. The zero-order valence-corrected chi connectivity index (χ0v) is 26.0. The fourth-order valence-electron chi connectivity index (χ4n) is 6.94. The van der Waals surface area contributed by atoms with E-state index in [-0.39, 0.29) is 42.7 Å². The number of amides is 1. The van der Waals surface area contributed by atoms with Gasteiger partial charge in [-0.05, 0) is 86.5 Å². The Morgan fingerprint density at radius 1 is 1.02 bits per heavy atom. The molecule has 5 heterocycles. The van der Waals surface area contributed by atoms with Crippen LogP contribution in [0.5, 0.6) is 0 Å². The second-order valence-corrected chi connectivity index (χ2v) is 12.3. The van der Waals surface area contributed by atoms with Gasteiger partial charge in [-0.2, -0.15) is 0 Å². The molecule has 0 bridgehead atoms. The zero-order chi connectivity index (χ0) is 31.9. The van der Waals surface area contributed by atoms with Crippen molar-refractivity contribution in [3.8, 4) is 0 Å². The van der Waals surface area contributed by atoms with E-state index >= 15 is 0 Å². The van der Waals surface area contributed by atoms with Crippen LogP contribution in [0.4, 0.5) is 0 Å². The van der Waals surface area contributed by atoms with Gasteiger partial charge in [0.15, 0.2) is 0 Å². The van der Waals surface area contributed by atoms with Crippen LogP contribution in [-0.4, -0.2) is 51.0 Å². The van der Waals surface area contributed by atoms with Crippen LogP contribution in [0.3, 0.4) is 0 Å². The predicted molar refractivity (Wildman–Crippen MR) is 166 cm³/mol. The van der Waals surface area contributed by atoms with Crippen molar-refractivity contribution in [1.29, 1.82) is 0 Å². The summed E-state index contributed by atoms with van der Waals surface area (Å²) in [6, 6.07) is -0.0452. The van der Waals surface area contributed by atoms with E-state index in [1.54, 1.807) is 6.08 Å². The van der Waals surface area contributed by atoms with Crippen LogP contribution in [0, 0.1) is 18.8 Å². The Morgan fingerprint density at radius 2 is 1.70 bits per heavy atom. The van der Waals surface area contributed by atoms with Gasteiger partial charge in [0.05, 0.1) is 0 Å². The standard InChI is InChI=1S/C33H43N5O6/c1-7-20-18(5)32(43)36-27(20)14-25-17(4)22(10-12-31(41)42)29(35-25)15-28-21(9-11-30(39)40)16(3)24(34-28)13-26-19(6)23(8-2)33(37-26)38-44-33/h8,14-15,18,20,24,26,34-35,37-38H,2,7,9-13H2,1,3-6H3,(H,36,43)(H,39,40)(H,41,42)/b27-14-,28-15-/t18-,20-,24?,26-,33+/m1/s1. The average Bonchev–Trinajstić information content (AvgIpc) is 3.38. The molecule has 2 fully saturated rings. The third-order valence-electron chi connectivity index (χ3n) is 9.68. The third kappa shape index (κ3) is 5.91.